The number of rotatable bonds is 5. The van der Waals surface area contributed by atoms with Crippen LogP contribution in [0.15, 0.2) is 42.5 Å². The lowest BCUT2D eigenvalue weighted by Gasteiger charge is -2.25. The van der Waals surface area contributed by atoms with E-state index in [-0.39, 0.29) is 27.0 Å². The maximum Gasteiger partial charge on any atom is 0.269 e. The number of aromatic nitrogens is 1. The van der Waals surface area contributed by atoms with Gasteiger partial charge in [-0.1, -0.05) is 85.4 Å². The fourth-order valence-electron chi connectivity index (χ4n) is 3.14. The third-order valence-electron chi connectivity index (χ3n) is 5.14. The summed E-state index contributed by atoms with van der Waals surface area (Å²) in [6, 6.07) is 15.6. The van der Waals surface area contributed by atoms with Crippen molar-refractivity contribution < 1.29 is 9.59 Å². The molecule has 0 aliphatic heterocycles. The summed E-state index contributed by atoms with van der Waals surface area (Å²) in [6.45, 7) is 7.41. The number of halogens is 4. The normalized spacial score (nSPS) is 12.2. The van der Waals surface area contributed by atoms with Gasteiger partial charge < -0.3 is 10.6 Å². The first-order chi connectivity index (χ1) is 17.8. The van der Waals surface area contributed by atoms with Crippen LogP contribution in [0.4, 0.5) is 5.69 Å². The molecule has 2 atom stereocenters. The van der Waals surface area contributed by atoms with E-state index in [0.717, 1.165) is 17.1 Å². The number of hydrogen-bond acceptors (Lipinski definition) is 6. The molecule has 3 aromatic rings. The topological polar surface area (TPSA) is 119 Å². The minimum atomic E-state index is -0.712. The van der Waals surface area contributed by atoms with Crippen LogP contribution in [0.5, 0.6) is 0 Å². The van der Waals surface area contributed by atoms with Gasteiger partial charge in [-0.05, 0) is 53.7 Å². The Kier molecular flexibility index (Phi) is 11.4. The average Bonchev–Trinajstić information content (AvgIpc) is 3.17. The Morgan fingerprint density at radius 3 is 2.24 bits per heavy atom. The molecular weight excluding hydrogens is 588 g/mol. The van der Waals surface area contributed by atoms with Gasteiger partial charge in [0.05, 0.1) is 23.4 Å². The number of amides is 2. The van der Waals surface area contributed by atoms with Crippen LogP contribution in [0.3, 0.4) is 0 Å². The molecule has 0 saturated carbocycles. The van der Waals surface area contributed by atoms with Crippen molar-refractivity contribution in [2.75, 3.05) is 5.32 Å². The van der Waals surface area contributed by atoms with Crippen molar-refractivity contribution in [1.29, 1.82) is 10.5 Å². The molecule has 38 heavy (non-hydrogen) atoms. The number of nitrogens with one attached hydrogen (secondary N) is 2. The van der Waals surface area contributed by atoms with Crippen molar-refractivity contribution in [3.05, 3.63) is 78.7 Å². The molecule has 198 valence electrons. The second-order valence-electron chi connectivity index (χ2n) is 9.05. The Morgan fingerprint density at radius 2 is 1.71 bits per heavy atom. The highest BCUT2D eigenvalue weighted by molar-refractivity contribution is 7.09. The van der Waals surface area contributed by atoms with E-state index in [1.807, 2.05) is 33.8 Å². The fourth-order valence-corrected chi connectivity index (χ4v) is 4.82. The first-order valence-corrected chi connectivity index (χ1v) is 13.3. The molecule has 0 bridgehead atoms. The largest absolute Gasteiger partial charge is 0.348 e. The molecule has 12 heteroatoms. The lowest BCUT2D eigenvalue weighted by molar-refractivity contribution is -0.126. The highest BCUT2D eigenvalue weighted by Crippen LogP contribution is 2.30. The number of carbonyl (C=O) groups is 2. The zero-order valence-electron chi connectivity index (χ0n) is 20.8. The molecule has 2 amide bonds. The lowest BCUT2D eigenvalue weighted by atomic mass is 9.81. The Bertz CT molecular complexity index is 1410. The standard InChI is InChI=1S/C15H18Cl2N2O.C11H5Cl2N3OS/c1-9(11-6-5-10(16)7-13(11)17)19-14(20)12(8-18)15(2,3)4;12-8-9(18-16-10(8)13)11(17)15-7-4-2-1-3-6(7)5-14/h5-7,9,12H,1-4H3,(H,19,20);1-4H,(H,15,17)/t9-,12?;/m1./s1. The summed E-state index contributed by atoms with van der Waals surface area (Å²) in [5.74, 6) is -1.44. The third-order valence-corrected chi connectivity index (χ3v) is 7.50. The second-order valence-corrected chi connectivity index (χ2v) is 11.4. The van der Waals surface area contributed by atoms with Crippen LogP contribution < -0.4 is 10.6 Å². The number of benzene rings is 2. The van der Waals surface area contributed by atoms with E-state index in [1.54, 1.807) is 42.5 Å². The zero-order valence-corrected chi connectivity index (χ0v) is 24.6. The van der Waals surface area contributed by atoms with Gasteiger partial charge in [-0.15, -0.1) is 0 Å². The van der Waals surface area contributed by atoms with E-state index in [9.17, 15) is 9.59 Å². The zero-order chi connectivity index (χ0) is 28.6. The van der Waals surface area contributed by atoms with Gasteiger partial charge in [0, 0.05) is 10.0 Å². The first-order valence-electron chi connectivity index (χ1n) is 11.1. The molecule has 1 aromatic heterocycles. The number of para-hydroxylation sites is 1. The molecule has 0 aliphatic rings. The molecule has 7 nitrogen and oxygen atoms in total. The van der Waals surface area contributed by atoms with Crippen LogP contribution >= 0.6 is 57.9 Å². The minimum Gasteiger partial charge on any atom is -0.348 e. The second kappa shape index (κ2) is 13.8. The summed E-state index contributed by atoms with van der Waals surface area (Å²) in [6.07, 6.45) is 0. The maximum atomic E-state index is 12.2. The maximum absolute atomic E-state index is 12.2. The average molecular weight is 611 g/mol. The highest BCUT2D eigenvalue weighted by atomic mass is 35.5. The number of nitrogens with zero attached hydrogens (tertiary/aromatic N) is 3. The van der Waals surface area contributed by atoms with Gasteiger partial charge in [0.25, 0.3) is 5.91 Å². The molecule has 3 rings (SSSR count). The molecular formula is C26H23Cl4N5O2S. The predicted molar refractivity (Wildman–Crippen MR) is 153 cm³/mol. The van der Waals surface area contributed by atoms with Crippen molar-refractivity contribution in [1.82, 2.24) is 9.69 Å². The molecule has 0 fully saturated rings. The molecule has 1 unspecified atom stereocenters. The molecule has 2 aromatic carbocycles. The van der Waals surface area contributed by atoms with Crippen LogP contribution in [0.25, 0.3) is 0 Å². The Morgan fingerprint density at radius 1 is 1.05 bits per heavy atom. The Balaban J connectivity index is 0.000000268. The van der Waals surface area contributed by atoms with E-state index in [4.69, 9.17) is 56.9 Å². The van der Waals surface area contributed by atoms with Crippen LogP contribution in [-0.2, 0) is 4.79 Å². The van der Waals surface area contributed by atoms with Crippen LogP contribution in [0.1, 0.15) is 54.5 Å². The van der Waals surface area contributed by atoms with Crippen molar-refractivity contribution in [2.24, 2.45) is 11.3 Å². The number of hydrogen-bond donors (Lipinski definition) is 2. The van der Waals surface area contributed by atoms with Gasteiger partial charge in [-0.3, -0.25) is 9.59 Å². The van der Waals surface area contributed by atoms with Crippen LogP contribution in [0, 0.1) is 34.0 Å². The third kappa shape index (κ3) is 8.33. The number of carbonyl (C=O) groups excluding carboxylic acids is 2. The van der Waals surface area contributed by atoms with E-state index in [0.29, 0.717) is 21.3 Å². The predicted octanol–water partition coefficient (Wildman–Crippen LogP) is 7.93. The summed E-state index contributed by atoms with van der Waals surface area (Å²) < 4.78 is 3.77. The van der Waals surface area contributed by atoms with Gasteiger partial charge in [0.15, 0.2) is 5.15 Å². The molecule has 0 saturated heterocycles. The lowest BCUT2D eigenvalue weighted by Crippen LogP contribution is -2.38. The van der Waals surface area contributed by atoms with Crippen molar-refractivity contribution in [3.63, 3.8) is 0 Å². The monoisotopic (exact) mass is 609 g/mol. The van der Waals surface area contributed by atoms with E-state index in [2.05, 4.69) is 21.1 Å². The molecule has 0 aliphatic carbocycles. The molecule has 2 N–H and O–H groups in total. The Hall–Kier alpha value is -2.85. The van der Waals surface area contributed by atoms with Gasteiger partial charge in [-0.2, -0.15) is 14.9 Å². The minimum absolute atomic E-state index is 0.0976. The van der Waals surface area contributed by atoms with Gasteiger partial charge in [0.1, 0.15) is 21.9 Å². The van der Waals surface area contributed by atoms with Gasteiger partial charge in [-0.25, -0.2) is 0 Å². The summed E-state index contributed by atoms with van der Waals surface area (Å²) in [7, 11) is 0. The van der Waals surface area contributed by atoms with Crippen LogP contribution in [0.2, 0.25) is 20.2 Å². The van der Waals surface area contributed by atoms with Gasteiger partial charge >= 0.3 is 0 Å². The van der Waals surface area contributed by atoms with Crippen molar-refractivity contribution in [2.45, 2.75) is 33.7 Å². The van der Waals surface area contributed by atoms with E-state index >= 15 is 0 Å². The van der Waals surface area contributed by atoms with Crippen molar-refractivity contribution in [3.8, 4) is 12.1 Å². The molecule has 1 heterocycles. The van der Waals surface area contributed by atoms with Crippen molar-refractivity contribution >= 4 is 75.4 Å². The summed E-state index contributed by atoms with van der Waals surface area (Å²) in [5.41, 5.74) is 1.15. The summed E-state index contributed by atoms with van der Waals surface area (Å²) >= 11 is 24.4. The number of anilines is 1. The molecule has 0 spiro atoms. The quantitative estimate of drug-likeness (QED) is 0.304. The fraction of sp³-hybridized carbons (Fsp3) is 0.269. The summed E-state index contributed by atoms with van der Waals surface area (Å²) in [5, 5.41) is 24.7. The van der Waals surface area contributed by atoms with Crippen LogP contribution in [-0.4, -0.2) is 16.2 Å². The number of nitriles is 2. The first kappa shape index (κ1) is 31.4. The smallest absolute Gasteiger partial charge is 0.269 e. The highest BCUT2D eigenvalue weighted by Gasteiger charge is 2.32. The SMILES string of the molecule is C[C@@H](NC(=O)C(C#N)C(C)(C)C)c1ccc(Cl)cc1Cl.N#Cc1ccccc1NC(=O)c1snc(Cl)c1Cl. The molecule has 0 radical (unpaired) electrons. The Labute approximate surface area is 245 Å². The van der Waals surface area contributed by atoms with E-state index in [1.165, 1.54) is 0 Å². The summed E-state index contributed by atoms with van der Waals surface area (Å²) in [4.78, 5) is 24.3. The van der Waals surface area contributed by atoms with E-state index < -0.39 is 17.2 Å². The van der Waals surface area contributed by atoms with Gasteiger partial charge in [0.2, 0.25) is 5.91 Å².